The second kappa shape index (κ2) is 6.59. The number of hydrogen-bond donors (Lipinski definition) is 1. The van der Waals surface area contributed by atoms with Crippen LogP contribution in [0.25, 0.3) is 0 Å². The number of piperidine rings is 1. The molecule has 7 heteroatoms. The first-order valence-electron chi connectivity index (χ1n) is 8.31. The number of carbonyl (C=O) groups is 1. The number of aromatic nitrogens is 4. The van der Waals surface area contributed by atoms with Gasteiger partial charge < -0.3 is 10.2 Å². The summed E-state index contributed by atoms with van der Waals surface area (Å²) in [6, 6.07) is 3.91. The number of rotatable bonds is 3. The first-order chi connectivity index (χ1) is 11.4. The van der Waals surface area contributed by atoms with Gasteiger partial charge in [0.2, 0.25) is 0 Å². The van der Waals surface area contributed by atoms with Crippen molar-refractivity contribution in [3.05, 3.63) is 35.0 Å². The zero-order valence-corrected chi connectivity index (χ0v) is 14.7. The van der Waals surface area contributed by atoms with E-state index in [0.29, 0.717) is 5.69 Å². The topological polar surface area (TPSA) is 75.9 Å². The van der Waals surface area contributed by atoms with E-state index in [1.165, 1.54) is 0 Å². The SMILES string of the molecule is Cc1cc(N2CCCC(NC(=O)c3cc(C)n(C)n3)C2)nc(C)n1. The Morgan fingerprint density at radius 3 is 2.71 bits per heavy atom. The van der Waals surface area contributed by atoms with Crippen LogP contribution in [0.4, 0.5) is 5.82 Å². The summed E-state index contributed by atoms with van der Waals surface area (Å²) >= 11 is 0. The van der Waals surface area contributed by atoms with Gasteiger partial charge in [0.1, 0.15) is 17.3 Å². The summed E-state index contributed by atoms with van der Waals surface area (Å²) in [5, 5.41) is 7.35. The van der Waals surface area contributed by atoms with Crippen molar-refractivity contribution < 1.29 is 4.79 Å². The molecule has 1 aliphatic rings. The minimum Gasteiger partial charge on any atom is -0.354 e. The molecule has 0 bridgehead atoms. The van der Waals surface area contributed by atoms with E-state index in [-0.39, 0.29) is 11.9 Å². The van der Waals surface area contributed by atoms with Gasteiger partial charge in [-0.3, -0.25) is 9.48 Å². The van der Waals surface area contributed by atoms with Gasteiger partial charge in [0.15, 0.2) is 0 Å². The Kier molecular flexibility index (Phi) is 4.51. The Balaban J connectivity index is 1.68. The average molecular weight is 328 g/mol. The van der Waals surface area contributed by atoms with Gasteiger partial charge in [-0.25, -0.2) is 9.97 Å². The molecule has 3 rings (SSSR count). The van der Waals surface area contributed by atoms with Crippen molar-refractivity contribution in [1.29, 1.82) is 0 Å². The lowest BCUT2D eigenvalue weighted by Crippen LogP contribution is -2.48. The van der Waals surface area contributed by atoms with Crippen LogP contribution in [0.15, 0.2) is 12.1 Å². The van der Waals surface area contributed by atoms with Crippen LogP contribution < -0.4 is 10.2 Å². The number of nitrogens with one attached hydrogen (secondary N) is 1. The lowest BCUT2D eigenvalue weighted by molar-refractivity contribution is 0.0927. The molecule has 1 fully saturated rings. The third kappa shape index (κ3) is 3.55. The van der Waals surface area contributed by atoms with E-state index < -0.39 is 0 Å². The molecule has 1 atom stereocenters. The van der Waals surface area contributed by atoms with Crippen molar-refractivity contribution in [3.8, 4) is 0 Å². The van der Waals surface area contributed by atoms with Gasteiger partial charge in [-0.15, -0.1) is 0 Å². The van der Waals surface area contributed by atoms with Crippen LogP contribution in [-0.4, -0.2) is 44.8 Å². The molecule has 7 nitrogen and oxygen atoms in total. The van der Waals surface area contributed by atoms with E-state index >= 15 is 0 Å². The second-order valence-electron chi connectivity index (χ2n) is 6.47. The molecule has 1 unspecified atom stereocenters. The lowest BCUT2D eigenvalue weighted by Gasteiger charge is -2.34. The predicted octanol–water partition coefficient (Wildman–Crippen LogP) is 1.53. The number of aryl methyl sites for hydroxylation is 4. The zero-order chi connectivity index (χ0) is 17.3. The minimum absolute atomic E-state index is 0.101. The molecule has 1 aliphatic heterocycles. The van der Waals surface area contributed by atoms with Crippen LogP contribution in [0, 0.1) is 20.8 Å². The van der Waals surface area contributed by atoms with E-state index in [0.717, 1.165) is 49.0 Å². The molecular formula is C17H24N6O. The van der Waals surface area contributed by atoms with Crippen LogP contribution in [0.3, 0.4) is 0 Å². The van der Waals surface area contributed by atoms with E-state index in [2.05, 4.69) is 25.3 Å². The molecule has 1 N–H and O–H groups in total. The van der Waals surface area contributed by atoms with Crippen LogP contribution in [-0.2, 0) is 7.05 Å². The molecule has 24 heavy (non-hydrogen) atoms. The molecule has 1 saturated heterocycles. The second-order valence-corrected chi connectivity index (χ2v) is 6.47. The van der Waals surface area contributed by atoms with Gasteiger partial charge in [0, 0.05) is 43.6 Å². The van der Waals surface area contributed by atoms with Gasteiger partial charge >= 0.3 is 0 Å². The predicted molar refractivity (Wildman–Crippen MR) is 92.2 cm³/mol. The average Bonchev–Trinajstić information content (AvgIpc) is 2.86. The number of anilines is 1. The number of nitrogens with zero attached hydrogens (tertiary/aromatic N) is 5. The molecule has 0 saturated carbocycles. The van der Waals surface area contributed by atoms with E-state index in [1.54, 1.807) is 4.68 Å². The maximum atomic E-state index is 12.4. The van der Waals surface area contributed by atoms with Crippen molar-refractivity contribution >= 4 is 11.7 Å². The highest BCUT2D eigenvalue weighted by atomic mass is 16.2. The molecular weight excluding hydrogens is 304 g/mol. The lowest BCUT2D eigenvalue weighted by atomic mass is 10.1. The van der Waals surface area contributed by atoms with Crippen molar-refractivity contribution in [2.24, 2.45) is 7.05 Å². The van der Waals surface area contributed by atoms with E-state index in [4.69, 9.17) is 0 Å². The maximum Gasteiger partial charge on any atom is 0.272 e. The maximum absolute atomic E-state index is 12.4. The summed E-state index contributed by atoms with van der Waals surface area (Å²) in [7, 11) is 1.84. The molecule has 1 amide bonds. The molecule has 0 radical (unpaired) electrons. The van der Waals surface area contributed by atoms with Crippen LogP contribution in [0.5, 0.6) is 0 Å². The van der Waals surface area contributed by atoms with Gasteiger partial charge in [-0.05, 0) is 39.7 Å². The Bertz CT molecular complexity index is 714. The molecule has 128 valence electrons. The quantitative estimate of drug-likeness (QED) is 0.925. The molecule has 2 aromatic rings. The van der Waals surface area contributed by atoms with E-state index in [9.17, 15) is 4.79 Å². The molecule has 0 spiro atoms. The largest absolute Gasteiger partial charge is 0.354 e. The highest BCUT2D eigenvalue weighted by molar-refractivity contribution is 5.92. The number of amides is 1. The van der Waals surface area contributed by atoms with Crippen molar-refractivity contribution in [2.75, 3.05) is 18.0 Å². The Hall–Kier alpha value is -2.44. The van der Waals surface area contributed by atoms with Crippen molar-refractivity contribution in [1.82, 2.24) is 25.1 Å². The fourth-order valence-electron chi connectivity index (χ4n) is 3.09. The van der Waals surface area contributed by atoms with Crippen LogP contribution >= 0.6 is 0 Å². The van der Waals surface area contributed by atoms with Crippen LogP contribution in [0.1, 0.15) is 40.5 Å². The highest BCUT2D eigenvalue weighted by Gasteiger charge is 2.24. The molecule has 2 aromatic heterocycles. The fourth-order valence-corrected chi connectivity index (χ4v) is 3.09. The van der Waals surface area contributed by atoms with Gasteiger partial charge in [0.25, 0.3) is 5.91 Å². The molecule has 0 aromatic carbocycles. The number of hydrogen-bond acceptors (Lipinski definition) is 5. The third-order valence-electron chi connectivity index (χ3n) is 4.38. The molecule has 0 aliphatic carbocycles. The standard InChI is InChI=1S/C17H24N6O/c1-11-8-16(19-13(3)18-11)23-7-5-6-14(10-23)20-17(24)15-9-12(2)22(4)21-15/h8-9,14H,5-7,10H2,1-4H3,(H,20,24). The fraction of sp³-hybridized carbons (Fsp3) is 0.529. The van der Waals surface area contributed by atoms with Gasteiger partial charge in [-0.1, -0.05) is 0 Å². The smallest absolute Gasteiger partial charge is 0.272 e. The minimum atomic E-state index is -0.111. The van der Waals surface area contributed by atoms with Gasteiger partial charge in [0.05, 0.1) is 0 Å². The first-order valence-corrected chi connectivity index (χ1v) is 8.31. The Labute approximate surface area is 142 Å². The summed E-state index contributed by atoms with van der Waals surface area (Å²) < 4.78 is 1.72. The summed E-state index contributed by atoms with van der Waals surface area (Å²) in [6.07, 6.45) is 1.99. The Morgan fingerprint density at radius 2 is 2.04 bits per heavy atom. The summed E-state index contributed by atoms with van der Waals surface area (Å²) in [5.41, 5.74) is 2.41. The monoisotopic (exact) mass is 328 g/mol. The third-order valence-corrected chi connectivity index (χ3v) is 4.38. The highest BCUT2D eigenvalue weighted by Crippen LogP contribution is 2.19. The van der Waals surface area contributed by atoms with Crippen molar-refractivity contribution in [3.63, 3.8) is 0 Å². The summed E-state index contributed by atoms with van der Waals surface area (Å²) in [5.74, 6) is 1.60. The molecule has 3 heterocycles. The number of carbonyl (C=O) groups excluding carboxylic acids is 1. The van der Waals surface area contributed by atoms with Crippen molar-refractivity contribution in [2.45, 2.75) is 39.7 Å². The normalized spacial score (nSPS) is 17.8. The first kappa shape index (κ1) is 16.4. The zero-order valence-electron chi connectivity index (χ0n) is 14.7. The Morgan fingerprint density at radius 1 is 1.25 bits per heavy atom. The summed E-state index contributed by atoms with van der Waals surface area (Å²) in [4.78, 5) is 23.5. The van der Waals surface area contributed by atoms with Gasteiger partial charge in [-0.2, -0.15) is 5.10 Å². The van der Waals surface area contributed by atoms with E-state index in [1.807, 2.05) is 40.0 Å². The van der Waals surface area contributed by atoms with Crippen LogP contribution in [0.2, 0.25) is 0 Å². The summed E-state index contributed by atoms with van der Waals surface area (Å²) in [6.45, 7) is 7.53.